The van der Waals surface area contributed by atoms with E-state index in [0.29, 0.717) is 18.4 Å². The van der Waals surface area contributed by atoms with Crippen molar-refractivity contribution >= 4 is 24.3 Å². The number of urea groups is 1. The summed E-state index contributed by atoms with van der Waals surface area (Å²) >= 11 is 0. The van der Waals surface area contributed by atoms with E-state index < -0.39 is 6.03 Å². The van der Waals surface area contributed by atoms with Crippen molar-refractivity contribution in [3.8, 4) is 0 Å². The lowest BCUT2D eigenvalue weighted by Gasteiger charge is -2.45. The van der Waals surface area contributed by atoms with Gasteiger partial charge in [0.2, 0.25) is 5.91 Å². The number of hydrogen-bond acceptors (Lipinski definition) is 3. The average Bonchev–Trinajstić information content (AvgIpc) is 2.89. The third-order valence-electron chi connectivity index (χ3n) is 5.52. The third kappa shape index (κ3) is 3.33. The molecule has 3 atom stereocenters. The molecule has 0 radical (unpaired) electrons. The molecule has 5 N–H and O–H groups in total. The maximum absolute atomic E-state index is 12.5. The monoisotopic (exact) mass is 330 g/mol. The number of fused-ring (bicyclic) bond motifs is 2. The summed E-state index contributed by atoms with van der Waals surface area (Å²) in [4.78, 5) is 25.4. The van der Waals surface area contributed by atoms with Crippen molar-refractivity contribution in [2.24, 2.45) is 23.3 Å². The number of amides is 3. The first kappa shape index (κ1) is 17.3. The number of rotatable bonds is 2. The Balaban J connectivity index is 0.00000176. The largest absolute Gasteiger partial charge is 0.351 e. The summed E-state index contributed by atoms with van der Waals surface area (Å²) in [6.07, 6.45) is 7.13. The highest BCUT2D eigenvalue weighted by atomic mass is 35.5. The van der Waals surface area contributed by atoms with Gasteiger partial charge in [-0.2, -0.15) is 0 Å². The molecule has 0 aromatic carbocycles. The van der Waals surface area contributed by atoms with E-state index in [-0.39, 0.29) is 36.4 Å². The second-order valence-corrected chi connectivity index (χ2v) is 6.91. The molecular weight excluding hydrogens is 304 g/mol. The van der Waals surface area contributed by atoms with E-state index in [2.05, 4.69) is 5.32 Å². The summed E-state index contributed by atoms with van der Waals surface area (Å²) < 4.78 is 0. The Labute approximate surface area is 137 Å². The van der Waals surface area contributed by atoms with Crippen LogP contribution in [0, 0.1) is 11.8 Å². The van der Waals surface area contributed by atoms with Crippen LogP contribution in [0.15, 0.2) is 0 Å². The highest BCUT2D eigenvalue weighted by Crippen LogP contribution is 2.39. The normalized spacial score (nSPS) is 37.3. The van der Waals surface area contributed by atoms with Crippen molar-refractivity contribution in [1.29, 1.82) is 0 Å². The van der Waals surface area contributed by atoms with Crippen molar-refractivity contribution in [3.63, 3.8) is 0 Å². The summed E-state index contributed by atoms with van der Waals surface area (Å²) in [6.45, 7) is 0.593. The fourth-order valence-corrected chi connectivity index (χ4v) is 4.59. The summed E-state index contributed by atoms with van der Waals surface area (Å²) in [5.74, 6) is 0.975. The highest BCUT2D eigenvalue weighted by molar-refractivity contribution is 5.87. The molecule has 2 aliphatic carbocycles. The number of nitrogens with zero attached hydrogens (tertiary/aromatic N) is 1. The number of primary amides is 1. The predicted molar refractivity (Wildman–Crippen MR) is 86.5 cm³/mol. The van der Waals surface area contributed by atoms with Gasteiger partial charge in [0.05, 0.1) is 0 Å². The molecule has 2 bridgehead atoms. The average molecular weight is 331 g/mol. The Kier molecular flexibility index (Phi) is 5.55. The predicted octanol–water partition coefficient (Wildman–Crippen LogP) is 0.973. The quantitative estimate of drug-likeness (QED) is 0.703. The SMILES string of the molecule is Cl.NC(=O)N1CCC[C@H]1C(=O)NC1C2CCCC1CC(N)C2. The molecule has 3 amide bonds. The van der Waals surface area contributed by atoms with Gasteiger partial charge in [-0.3, -0.25) is 4.79 Å². The van der Waals surface area contributed by atoms with Crippen LogP contribution in [0.3, 0.4) is 0 Å². The third-order valence-corrected chi connectivity index (χ3v) is 5.52. The zero-order chi connectivity index (χ0) is 15.0. The van der Waals surface area contributed by atoms with E-state index in [1.54, 1.807) is 0 Å². The van der Waals surface area contributed by atoms with E-state index in [1.807, 2.05) is 0 Å². The van der Waals surface area contributed by atoms with E-state index in [4.69, 9.17) is 11.5 Å². The minimum atomic E-state index is -0.487. The van der Waals surface area contributed by atoms with Crippen molar-refractivity contribution in [2.45, 2.75) is 63.1 Å². The number of likely N-dealkylation sites (tertiary alicyclic amines) is 1. The van der Waals surface area contributed by atoms with Crippen molar-refractivity contribution in [1.82, 2.24) is 10.2 Å². The Morgan fingerprint density at radius 2 is 1.68 bits per heavy atom. The smallest absolute Gasteiger partial charge is 0.315 e. The van der Waals surface area contributed by atoms with Gasteiger partial charge < -0.3 is 21.7 Å². The van der Waals surface area contributed by atoms with Crippen molar-refractivity contribution < 1.29 is 9.59 Å². The van der Waals surface area contributed by atoms with Crippen LogP contribution < -0.4 is 16.8 Å². The Morgan fingerprint density at radius 3 is 2.27 bits per heavy atom. The Hall–Kier alpha value is -1.01. The second kappa shape index (κ2) is 7.04. The van der Waals surface area contributed by atoms with Crippen LogP contribution in [-0.2, 0) is 4.79 Å². The van der Waals surface area contributed by atoms with Gasteiger partial charge in [-0.25, -0.2) is 4.79 Å². The molecule has 0 aromatic heterocycles. The lowest BCUT2D eigenvalue weighted by molar-refractivity contribution is -0.127. The van der Waals surface area contributed by atoms with Gasteiger partial charge in [-0.15, -0.1) is 12.4 Å². The van der Waals surface area contributed by atoms with Crippen molar-refractivity contribution in [3.05, 3.63) is 0 Å². The number of hydrogen-bond donors (Lipinski definition) is 3. The van der Waals surface area contributed by atoms with E-state index in [1.165, 1.54) is 11.3 Å². The zero-order valence-electron chi connectivity index (χ0n) is 12.9. The lowest BCUT2D eigenvalue weighted by atomic mass is 9.67. The maximum atomic E-state index is 12.5. The maximum Gasteiger partial charge on any atom is 0.315 e. The van der Waals surface area contributed by atoms with Gasteiger partial charge in [0, 0.05) is 18.6 Å². The summed E-state index contributed by atoms with van der Waals surface area (Å²) in [5, 5.41) is 3.22. The molecular formula is C15H27ClN4O2. The number of nitrogens with two attached hydrogens (primary N) is 2. The Bertz CT molecular complexity index is 420. The van der Waals surface area contributed by atoms with Crippen LogP contribution in [0.25, 0.3) is 0 Å². The second-order valence-electron chi connectivity index (χ2n) is 6.91. The number of halogens is 1. The van der Waals surface area contributed by atoms with Gasteiger partial charge in [0.15, 0.2) is 0 Å². The minimum Gasteiger partial charge on any atom is -0.351 e. The topological polar surface area (TPSA) is 101 Å². The van der Waals surface area contributed by atoms with Gasteiger partial charge in [0.25, 0.3) is 0 Å². The molecule has 6 nitrogen and oxygen atoms in total. The Morgan fingerprint density at radius 1 is 1.05 bits per heavy atom. The first-order valence-electron chi connectivity index (χ1n) is 8.18. The molecule has 126 valence electrons. The van der Waals surface area contributed by atoms with Gasteiger partial charge in [-0.1, -0.05) is 6.42 Å². The fraction of sp³-hybridized carbons (Fsp3) is 0.867. The van der Waals surface area contributed by atoms with Gasteiger partial charge in [0.1, 0.15) is 6.04 Å². The van der Waals surface area contributed by atoms with Crippen LogP contribution in [0.5, 0.6) is 0 Å². The molecule has 3 rings (SSSR count). The molecule has 2 saturated carbocycles. The van der Waals surface area contributed by atoms with E-state index in [0.717, 1.165) is 38.5 Å². The van der Waals surface area contributed by atoms with Crippen molar-refractivity contribution in [2.75, 3.05) is 6.54 Å². The molecule has 1 aliphatic heterocycles. The number of carbonyl (C=O) groups excluding carboxylic acids is 2. The van der Waals surface area contributed by atoms with Crippen LogP contribution in [0.2, 0.25) is 0 Å². The van der Waals surface area contributed by atoms with Crippen LogP contribution in [0.4, 0.5) is 4.79 Å². The molecule has 3 aliphatic rings. The molecule has 2 unspecified atom stereocenters. The molecule has 1 saturated heterocycles. The molecule has 0 aromatic rings. The van der Waals surface area contributed by atoms with Gasteiger partial charge >= 0.3 is 6.03 Å². The van der Waals surface area contributed by atoms with Crippen LogP contribution in [0.1, 0.15) is 44.9 Å². The van der Waals surface area contributed by atoms with Gasteiger partial charge in [-0.05, 0) is 50.4 Å². The van der Waals surface area contributed by atoms with E-state index in [9.17, 15) is 9.59 Å². The zero-order valence-corrected chi connectivity index (χ0v) is 13.7. The highest BCUT2D eigenvalue weighted by Gasteiger charge is 2.42. The fourth-order valence-electron chi connectivity index (χ4n) is 4.59. The standard InChI is InChI=1S/C15H26N4O2.ClH/c16-11-7-9-3-1-4-10(8-11)13(9)18-14(20)12-5-2-6-19(12)15(17)21;/h9-13H,1-8,16H2,(H2,17,21)(H,18,20);1H/t9?,10?,11?,12-,13?;/m0./s1. The number of carbonyl (C=O) groups is 2. The molecule has 22 heavy (non-hydrogen) atoms. The van der Waals surface area contributed by atoms with Crippen LogP contribution >= 0.6 is 12.4 Å². The first-order chi connectivity index (χ1) is 10.1. The summed E-state index contributed by atoms with van der Waals surface area (Å²) in [6, 6.07) is -0.347. The first-order valence-corrected chi connectivity index (χ1v) is 8.18. The molecule has 3 fully saturated rings. The minimum absolute atomic E-state index is 0. The van der Waals surface area contributed by atoms with Crippen LogP contribution in [-0.4, -0.2) is 41.5 Å². The summed E-state index contributed by atoms with van der Waals surface area (Å²) in [5.41, 5.74) is 11.5. The lowest BCUT2D eigenvalue weighted by Crippen LogP contribution is -2.57. The van der Waals surface area contributed by atoms with E-state index >= 15 is 0 Å². The summed E-state index contributed by atoms with van der Waals surface area (Å²) in [7, 11) is 0. The molecule has 1 heterocycles. The molecule has 0 spiro atoms. The number of nitrogens with one attached hydrogen (secondary N) is 1. The molecule has 7 heteroatoms.